The van der Waals surface area contributed by atoms with Gasteiger partial charge >= 0.3 is 11.9 Å². The number of rotatable bonds is 5. The maximum absolute atomic E-state index is 12.4. The molecule has 1 aliphatic carbocycles. The Balaban J connectivity index is 2.09. The van der Waals surface area contributed by atoms with Gasteiger partial charge in [-0.2, -0.15) is 0 Å². The van der Waals surface area contributed by atoms with Gasteiger partial charge in [0.15, 0.2) is 5.76 Å². The fourth-order valence-electron chi connectivity index (χ4n) is 3.14. The molecule has 0 unspecified atom stereocenters. The molecule has 25 heavy (non-hydrogen) atoms. The third kappa shape index (κ3) is 3.56. The Hall–Kier alpha value is -2.28. The normalized spacial score (nSPS) is 15.0. The van der Waals surface area contributed by atoms with Crippen molar-refractivity contribution in [1.82, 2.24) is 0 Å². The van der Waals surface area contributed by atoms with Crippen molar-refractivity contribution < 1.29 is 23.5 Å². The van der Waals surface area contributed by atoms with E-state index in [-0.39, 0.29) is 23.1 Å². The van der Waals surface area contributed by atoms with Gasteiger partial charge in [-0.1, -0.05) is 25.3 Å². The van der Waals surface area contributed by atoms with Crippen LogP contribution >= 0.6 is 11.3 Å². The van der Waals surface area contributed by atoms with E-state index in [1.165, 1.54) is 32.0 Å². The molecule has 0 radical (unpaired) electrons. The van der Waals surface area contributed by atoms with Crippen molar-refractivity contribution in [3.63, 3.8) is 0 Å². The van der Waals surface area contributed by atoms with E-state index in [0.717, 1.165) is 30.6 Å². The molecule has 3 rings (SSSR count). The van der Waals surface area contributed by atoms with Gasteiger partial charge in [0, 0.05) is 6.04 Å². The molecule has 1 N–H and O–H groups in total. The monoisotopic (exact) mass is 363 g/mol. The Morgan fingerprint density at radius 2 is 1.80 bits per heavy atom. The average Bonchev–Trinajstić information content (AvgIpc) is 3.29. The molecule has 0 aromatic carbocycles. The smallest absolute Gasteiger partial charge is 0.344 e. The van der Waals surface area contributed by atoms with E-state index in [1.807, 2.05) is 17.5 Å². The highest BCUT2D eigenvalue weighted by Crippen LogP contribution is 2.39. The predicted molar refractivity (Wildman–Crippen MR) is 95.2 cm³/mol. The van der Waals surface area contributed by atoms with Crippen molar-refractivity contribution in [3.05, 3.63) is 28.6 Å². The molecule has 6 nitrogen and oxygen atoms in total. The highest BCUT2D eigenvalue weighted by molar-refractivity contribution is 7.13. The Morgan fingerprint density at radius 1 is 1.12 bits per heavy atom. The highest BCUT2D eigenvalue weighted by atomic mass is 32.1. The van der Waals surface area contributed by atoms with Crippen molar-refractivity contribution >= 4 is 29.2 Å². The predicted octanol–water partition coefficient (Wildman–Crippen LogP) is 4.33. The standard InChI is InChI=1S/C18H21NO5S/c1-22-17(20)13-14(18(21)23-2)16(19-11-7-4-3-5-8-11)24-15(13)12-9-6-10-25-12/h6,9-11,19H,3-5,7-8H2,1-2H3. The van der Waals surface area contributed by atoms with Crippen LogP contribution in [0.15, 0.2) is 21.9 Å². The molecule has 134 valence electrons. The van der Waals surface area contributed by atoms with Gasteiger partial charge in [0.2, 0.25) is 5.88 Å². The first kappa shape index (κ1) is 17.5. The Kier molecular flexibility index (Phi) is 5.43. The second-order valence-corrected chi connectivity index (χ2v) is 6.90. The summed E-state index contributed by atoms with van der Waals surface area (Å²) in [5, 5.41) is 5.18. The summed E-state index contributed by atoms with van der Waals surface area (Å²) < 4.78 is 15.7. The van der Waals surface area contributed by atoms with E-state index < -0.39 is 11.9 Å². The number of carbonyl (C=O) groups excluding carboxylic acids is 2. The fourth-order valence-corrected chi connectivity index (χ4v) is 3.85. The largest absolute Gasteiger partial charge is 0.465 e. The summed E-state index contributed by atoms with van der Waals surface area (Å²) in [5.74, 6) is -0.627. The number of nitrogens with one attached hydrogen (secondary N) is 1. The molecular weight excluding hydrogens is 342 g/mol. The number of ether oxygens (including phenoxy) is 2. The minimum atomic E-state index is -0.621. The van der Waals surface area contributed by atoms with Crippen LogP contribution in [0.4, 0.5) is 5.88 Å². The number of hydrogen-bond acceptors (Lipinski definition) is 7. The zero-order chi connectivity index (χ0) is 17.8. The lowest BCUT2D eigenvalue weighted by Gasteiger charge is -2.22. The fraction of sp³-hybridized carbons (Fsp3) is 0.444. The first-order valence-electron chi connectivity index (χ1n) is 8.29. The minimum Gasteiger partial charge on any atom is -0.465 e. The van der Waals surface area contributed by atoms with Crippen LogP contribution in [0.25, 0.3) is 10.6 Å². The van der Waals surface area contributed by atoms with E-state index in [1.54, 1.807) is 0 Å². The van der Waals surface area contributed by atoms with Gasteiger partial charge in [-0.25, -0.2) is 9.59 Å². The van der Waals surface area contributed by atoms with Gasteiger partial charge < -0.3 is 19.2 Å². The van der Waals surface area contributed by atoms with Gasteiger partial charge in [0.05, 0.1) is 19.1 Å². The van der Waals surface area contributed by atoms with Crippen LogP contribution in [0.3, 0.4) is 0 Å². The average molecular weight is 363 g/mol. The molecule has 2 aromatic rings. The van der Waals surface area contributed by atoms with Crippen LogP contribution in [0.5, 0.6) is 0 Å². The lowest BCUT2D eigenvalue weighted by Crippen LogP contribution is -2.23. The van der Waals surface area contributed by atoms with Crippen LogP contribution < -0.4 is 5.32 Å². The van der Waals surface area contributed by atoms with Gasteiger partial charge in [-0.15, -0.1) is 11.3 Å². The van der Waals surface area contributed by atoms with Crippen LogP contribution in [-0.4, -0.2) is 32.2 Å². The van der Waals surface area contributed by atoms with Gasteiger partial charge in [0.25, 0.3) is 0 Å². The van der Waals surface area contributed by atoms with Crippen LogP contribution in [0, 0.1) is 0 Å². The van der Waals surface area contributed by atoms with Gasteiger partial charge in [-0.3, -0.25) is 0 Å². The number of furan rings is 1. The van der Waals surface area contributed by atoms with Crippen molar-refractivity contribution in [2.24, 2.45) is 0 Å². The third-order valence-electron chi connectivity index (χ3n) is 4.37. The Bertz CT molecular complexity index is 744. The number of methoxy groups -OCH3 is 2. The summed E-state index contributed by atoms with van der Waals surface area (Å²) in [7, 11) is 2.56. The molecule has 0 amide bonds. The summed E-state index contributed by atoms with van der Waals surface area (Å²) >= 11 is 1.42. The zero-order valence-electron chi connectivity index (χ0n) is 14.3. The second-order valence-electron chi connectivity index (χ2n) is 5.95. The maximum Gasteiger partial charge on any atom is 0.344 e. The van der Waals surface area contributed by atoms with E-state index in [4.69, 9.17) is 13.9 Å². The summed E-state index contributed by atoms with van der Waals surface area (Å²) in [6, 6.07) is 3.90. The van der Waals surface area contributed by atoms with E-state index in [2.05, 4.69) is 5.32 Å². The Labute approximate surface area is 150 Å². The molecule has 0 saturated heterocycles. The summed E-state index contributed by atoms with van der Waals surface area (Å²) in [5.41, 5.74) is 0.207. The molecule has 0 aliphatic heterocycles. The number of hydrogen-bond donors (Lipinski definition) is 1. The number of thiophene rings is 1. The summed E-state index contributed by atoms with van der Waals surface area (Å²) in [4.78, 5) is 25.5. The zero-order valence-corrected chi connectivity index (χ0v) is 15.1. The van der Waals surface area contributed by atoms with Crippen molar-refractivity contribution in [2.45, 2.75) is 38.1 Å². The lowest BCUT2D eigenvalue weighted by atomic mass is 9.95. The maximum atomic E-state index is 12.4. The van der Waals surface area contributed by atoms with Crippen molar-refractivity contribution in [1.29, 1.82) is 0 Å². The lowest BCUT2D eigenvalue weighted by molar-refractivity contribution is 0.0558. The summed E-state index contributed by atoms with van der Waals surface area (Å²) in [6.45, 7) is 0. The second kappa shape index (κ2) is 7.74. The van der Waals surface area contributed by atoms with E-state index in [9.17, 15) is 9.59 Å². The summed E-state index contributed by atoms with van der Waals surface area (Å²) in [6.07, 6.45) is 5.49. The Morgan fingerprint density at radius 3 is 2.40 bits per heavy atom. The molecule has 2 aromatic heterocycles. The SMILES string of the molecule is COC(=O)c1c(NC2CCCCC2)oc(-c2cccs2)c1C(=O)OC. The molecule has 0 bridgehead atoms. The van der Waals surface area contributed by atoms with E-state index >= 15 is 0 Å². The number of anilines is 1. The molecule has 0 spiro atoms. The molecule has 1 fully saturated rings. The first-order chi connectivity index (χ1) is 12.2. The van der Waals surface area contributed by atoms with Gasteiger partial charge in [0.1, 0.15) is 11.1 Å². The molecule has 2 heterocycles. The molecule has 7 heteroatoms. The molecule has 1 aliphatic rings. The molecule has 1 saturated carbocycles. The number of esters is 2. The van der Waals surface area contributed by atoms with Crippen LogP contribution in [0.2, 0.25) is 0 Å². The molecule has 0 atom stereocenters. The van der Waals surface area contributed by atoms with Crippen LogP contribution in [-0.2, 0) is 9.47 Å². The van der Waals surface area contributed by atoms with Crippen molar-refractivity contribution in [2.75, 3.05) is 19.5 Å². The van der Waals surface area contributed by atoms with Crippen LogP contribution in [0.1, 0.15) is 52.8 Å². The quantitative estimate of drug-likeness (QED) is 0.797. The minimum absolute atomic E-state index is 0.100. The van der Waals surface area contributed by atoms with E-state index in [0.29, 0.717) is 5.76 Å². The van der Waals surface area contributed by atoms with Crippen molar-refractivity contribution in [3.8, 4) is 10.6 Å². The third-order valence-corrected chi connectivity index (χ3v) is 5.24. The first-order valence-corrected chi connectivity index (χ1v) is 9.17. The molecular formula is C18H21NO5S. The topological polar surface area (TPSA) is 77.8 Å². The number of carbonyl (C=O) groups is 2. The highest BCUT2D eigenvalue weighted by Gasteiger charge is 2.33. The van der Waals surface area contributed by atoms with Gasteiger partial charge in [-0.05, 0) is 24.3 Å².